The molecule has 27 heavy (non-hydrogen) atoms. The van der Waals surface area contributed by atoms with Crippen LogP contribution in [0, 0.1) is 11.3 Å². The first kappa shape index (κ1) is 21.0. The molecule has 1 aliphatic rings. The molecule has 1 saturated heterocycles. The van der Waals surface area contributed by atoms with E-state index in [1.807, 2.05) is 36.4 Å². The minimum Gasteiger partial charge on any atom is -0.349 e. The summed E-state index contributed by atoms with van der Waals surface area (Å²) in [5.41, 5.74) is 0.469. The number of nitriles is 1. The molecule has 1 heterocycles. The van der Waals surface area contributed by atoms with Gasteiger partial charge in [0.1, 0.15) is 6.07 Å². The number of benzene rings is 2. The third-order valence-corrected chi connectivity index (χ3v) is 5.36. The first-order chi connectivity index (χ1) is 12.9. The fourth-order valence-electron chi connectivity index (χ4n) is 2.30. The van der Waals surface area contributed by atoms with E-state index >= 15 is 0 Å². The van der Waals surface area contributed by atoms with Gasteiger partial charge in [0.15, 0.2) is 0 Å². The van der Waals surface area contributed by atoms with Gasteiger partial charge in [-0.3, -0.25) is 14.4 Å². The quantitative estimate of drug-likeness (QED) is 0.399. The van der Waals surface area contributed by atoms with E-state index in [1.54, 1.807) is 6.07 Å². The molecule has 0 spiro atoms. The van der Waals surface area contributed by atoms with Gasteiger partial charge in [0, 0.05) is 24.4 Å². The molecule has 1 aliphatic heterocycles. The first-order valence-corrected chi connectivity index (χ1v) is 9.31. The van der Waals surface area contributed by atoms with Gasteiger partial charge >= 0.3 is 0 Å². The maximum Gasteiger partial charge on any atom is 0.255 e. The predicted molar refractivity (Wildman–Crippen MR) is 106 cm³/mol. The molecule has 0 aliphatic carbocycles. The Bertz CT molecular complexity index is 910. The minimum absolute atomic E-state index is 0.144. The van der Waals surface area contributed by atoms with E-state index in [1.165, 1.54) is 7.11 Å². The van der Waals surface area contributed by atoms with Crippen molar-refractivity contribution in [3.63, 3.8) is 0 Å². The van der Waals surface area contributed by atoms with E-state index in [9.17, 15) is 14.4 Å². The van der Waals surface area contributed by atoms with Crippen LogP contribution >= 0.6 is 32.1 Å². The highest BCUT2D eigenvalue weighted by Gasteiger charge is 2.26. The fourth-order valence-corrected chi connectivity index (χ4v) is 3.33. The van der Waals surface area contributed by atoms with Crippen molar-refractivity contribution in [3.8, 4) is 6.07 Å². The number of nitrogens with zero attached hydrogens (tertiary/aromatic N) is 2. The van der Waals surface area contributed by atoms with Crippen molar-refractivity contribution in [2.45, 2.75) is 19.1 Å². The van der Waals surface area contributed by atoms with Gasteiger partial charge in [0.2, 0.25) is 18.0 Å². The lowest BCUT2D eigenvalue weighted by atomic mass is 10.1. The summed E-state index contributed by atoms with van der Waals surface area (Å²) in [5, 5.41) is 13.2. The molecule has 140 valence electrons. The smallest absolute Gasteiger partial charge is 0.255 e. The van der Waals surface area contributed by atoms with E-state index < -0.39 is 6.23 Å². The van der Waals surface area contributed by atoms with Crippen molar-refractivity contribution in [2.24, 2.45) is 0 Å². The van der Waals surface area contributed by atoms with Crippen LogP contribution in [0.3, 0.4) is 0 Å². The first-order valence-electron chi connectivity index (χ1n) is 7.81. The van der Waals surface area contributed by atoms with Gasteiger partial charge in [-0.2, -0.15) is 5.26 Å². The SMILES string of the molecule is COC(C#N)NC(=O)c1ccc2ccccc2c1Br.O=C1CCC(=O)N1Br. The number of carbonyl (C=O) groups excluding carboxylic acids is 3. The van der Waals surface area contributed by atoms with Crippen molar-refractivity contribution in [1.29, 1.82) is 5.26 Å². The average Bonchev–Trinajstić information content (AvgIpc) is 2.98. The highest BCUT2D eigenvalue weighted by Crippen LogP contribution is 2.27. The molecule has 1 fully saturated rings. The van der Waals surface area contributed by atoms with Crippen LogP contribution < -0.4 is 5.32 Å². The zero-order valence-corrected chi connectivity index (χ0v) is 17.4. The number of methoxy groups -OCH3 is 1. The maximum absolute atomic E-state index is 12.1. The second-order valence-corrected chi connectivity index (χ2v) is 6.94. The lowest BCUT2D eigenvalue weighted by Gasteiger charge is -2.11. The minimum atomic E-state index is -0.953. The number of nitrogens with one attached hydrogen (secondary N) is 1. The normalized spacial score (nSPS) is 14.4. The monoisotopic (exact) mass is 495 g/mol. The molecule has 1 unspecified atom stereocenters. The second kappa shape index (κ2) is 9.60. The summed E-state index contributed by atoms with van der Waals surface area (Å²) in [7, 11) is 1.36. The molecular formula is C18H15Br2N3O4. The summed E-state index contributed by atoms with van der Waals surface area (Å²) >= 11 is 6.23. The van der Waals surface area contributed by atoms with Gasteiger partial charge in [0.05, 0.1) is 21.7 Å². The maximum atomic E-state index is 12.1. The topological polar surface area (TPSA) is 99.5 Å². The molecule has 2 aromatic rings. The van der Waals surface area contributed by atoms with Crippen LogP contribution in [0.15, 0.2) is 40.9 Å². The number of hydrogen-bond donors (Lipinski definition) is 1. The molecule has 1 atom stereocenters. The van der Waals surface area contributed by atoms with Gasteiger partial charge in [-0.25, -0.2) is 3.93 Å². The Morgan fingerprint density at radius 2 is 1.85 bits per heavy atom. The van der Waals surface area contributed by atoms with Crippen molar-refractivity contribution in [2.75, 3.05) is 7.11 Å². The summed E-state index contributed by atoms with van der Waals surface area (Å²) in [5.74, 6) is -0.643. The van der Waals surface area contributed by atoms with Crippen molar-refractivity contribution >= 4 is 60.6 Å². The largest absolute Gasteiger partial charge is 0.349 e. The summed E-state index contributed by atoms with van der Waals surface area (Å²) in [6, 6.07) is 13.2. The van der Waals surface area contributed by atoms with Crippen molar-refractivity contribution < 1.29 is 19.1 Å². The second-order valence-electron chi connectivity index (χ2n) is 5.43. The Balaban J connectivity index is 0.000000273. The van der Waals surface area contributed by atoms with Crippen molar-refractivity contribution in [1.82, 2.24) is 9.24 Å². The average molecular weight is 497 g/mol. The van der Waals surface area contributed by atoms with Crippen LogP contribution in [0.2, 0.25) is 0 Å². The van der Waals surface area contributed by atoms with Crippen LogP contribution in [0.4, 0.5) is 0 Å². The standard InChI is InChI=1S/C14H11BrN2O2.C4H4BrNO2/c1-19-12(8-16)17-14(18)11-7-6-9-4-2-3-5-10(9)13(11)15;5-6-3(7)1-2-4(6)8/h2-7,12H,1H3,(H,17,18);1-2H2. The number of carbonyl (C=O) groups is 3. The number of amides is 3. The summed E-state index contributed by atoms with van der Waals surface area (Å²) in [6.07, 6.45) is -0.250. The van der Waals surface area contributed by atoms with Crippen LogP contribution in [-0.4, -0.2) is 35.0 Å². The van der Waals surface area contributed by atoms with Gasteiger partial charge in [-0.15, -0.1) is 0 Å². The number of hydrogen-bond acceptors (Lipinski definition) is 5. The third-order valence-electron chi connectivity index (χ3n) is 3.71. The lowest BCUT2D eigenvalue weighted by Crippen LogP contribution is -2.35. The highest BCUT2D eigenvalue weighted by atomic mass is 79.9. The Hall–Kier alpha value is -2.28. The van der Waals surface area contributed by atoms with Crippen molar-refractivity contribution in [3.05, 3.63) is 46.4 Å². The van der Waals surface area contributed by atoms with Gasteiger partial charge in [-0.05, 0) is 32.8 Å². The van der Waals surface area contributed by atoms with Crippen LogP contribution in [0.5, 0.6) is 0 Å². The summed E-state index contributed by atoms with van der Waals surface area (Å²) in [4.78, 5) is 33.0. The van der Waals surface area contributed by atoms with Gasteiger partial charge in [0.25, 0.3) is 5.91 Å². The fraction of sp³-hybridized carbons (Fsp3) is 0.222. The highest BCUT2D eigenvalue weighted by molar-refractivity contribution is 9.10. The van der Waals surface area contributed by atoms with E-state index in [-0.39, 0.29) is 17.7 Å². The molecule has 0 saturated carbocycles. The Kier molecular flexibility index (Phi) is 7.47. The number of rotatable bonds is 3. The third kappa shape index (κ3) is 5.13. The van der Waals surface area contributed by atoms with Gasteiger partial charge in [-0.1, -0.05) is 30.3 Å². The Labute approximate surface area is 172 Å². The molecule has 2 aromatic carbocycles. The van der Waals surface area contributed by atoms with E-state index in [0.717, 1.165) is 14.7 Å². The molecular weight excluding hydrogens is 482 g/mol. The van der Waals surface area contributed by atoms with E-state index in [0.29, 0.717) is 22.9 Å². The molecule has 7 nitrogen and oxygen atoms in total. The molecule has 9 heteroatoms. The predicted octanol–water partition coefficient (Wildman–Crippen LogP) is 3.27. The number of halogens is 2. The zero-order chi connectivity index (χ0) is 20.0. The number of imide groups is 1. The Morgan fingerprint density at radius 1 is 1.22 bits per heavy atom. The lowest BCUT2D eigenvalue weighted by molar-refractivity contribution is -0.131. The zero-order valence-electron chi connectivity index (χ0n) is 14.2. The Morgan fingerprint density at radius 3 is 2.37 bits per heavy atom. The molecule has 3 amide bonds. The number of fused-ring (bicyclic) bond motifs is 1. The van der Waals surface area contributed by atoms with E-state index in [2.05, 4.69) is 37.4 Å². The molecule has 1 N–H and O–H groups in total. The summed E-state index contributed by atoms with van der Waals surface area (Å²) < 4.78 is 6.49. The molecule has 0 aromatic heterocycles. The molecule has 0 radical (unpaired) electrons. The van der Waals surface area contributed by atoms with Crippen LogP contribution in [-0.2, 0) is 14.3 Å². The molecule has 3 rings (SSSR count). The molecule has 0 bridgehead atoms. The van der Waals surface area contributed by atoms with Crippen LogP contribution in [0.25, 0.3) is 10.8 Å². The summed E-state index contributed by atoms with van der Waals surface area (Å²) in [6.45, 7) is 0. The van der Waals surface area contributed by atoms with E-state index in [4.69, 9.17) is 10.00 Å². The van der Waals surface area contributed by atoms with Gasteiger partial charge < -0.3 is 10.1 Å². The van der Waals surface area contributed by atoms with Crippen LogP contribution in [0.1, 0.15) is 23.2 Å². The number of ether oxygens (including phenoxy) is 1.